The molecule has 1 rings (SSSR count). The number of nitrogens with two attached hydrogens (primary N) is 1. The number of hydrogen-bond donors (Lipinski definition) is 2. The lowest BCUT2D eigenvalue weighted by Gasteiger charge is -2.17. The summed E-state index contributed by atoms with van der Waals surface area (Å²) in [6.45, 7) is 5.87. The van der Waals surface area contributed by atoms with Crippen LogP contribution in [0.2, 0.25) is 0 Å². The number of hydrazine groups is 1. The zero-order valence-electron chi connectivity index (χ0n) is 11.2. The minimum absolute atomic E-state index is 0.688. The van der Waals surface area contributed by atoms with Gasteiger partial charge in [-0.25, -0.2) is 5.43 Å². The number of ether oxygens (including phenoxy) is 1. The molecule has 0 bridgehead atoms. The smallest absolute Gasteiger partial charge is 0.122 e. The highest BCUT2D eigenvalue weighted by atomic mass is 16.5. The van der Waals surface area contributed by atoms with Gasteiger partial charge >= 0.3 is 0 Å². The van der Waals surface area contributed by atoms with E-state index in [-0.39, 0.29) is 0 Å². The van der Waals surface area contributed by atoms with E-state index in [1.165, 1.54) is 16.7 Å². The summed E-state index contributed by atoms with van der Waals surface area (Å²) in [6.07, 6.45) is 0.961. The fraction of sp³-hybridized carbons (Fsp3) is 0.538. The molecule has 1 aromatic carbocycles. The average Bonchev–Trinajstić information content (AvgIpc) is 2.30. The van der Waals surface area contributed by atoms with Gasteiger partial charge in [-0.1, -0.05) is 6.07 Å². The standard InChI is InChI=1S/C13H23N3O/c1-10-7-12(5-6-16(3)9-15-14)13(17-4)8-11(10)2/h7-8,15H,5-6,9,14H2,1-4H3. The van der Waals surface area contributed by atoms with Crippen LogP contribution in [0.5, 0.6) is 5.75 Å². The van der Waals surface area contributed by atoms with Crippen molar-refractivity contribution in [1.82, 2.24) is 10.3 Å². The highest BCUT2D eigenvalue weighted by Gasteiger charge is 2.07. The van der Waals surface area contributed by atoms with Crippen molar-refractivity contribution in [2.24, 2.45) is 5.84 Å². The summed E-state index contributed by atoms with van der Waals surface area (Å²) in [6, 6.07) is 4.31. The highest BCUT2D eigenvalue weighted by molar-refractivity contribution is 5.41. The molecule has 0 aliphatic carbocycles. The van der Waals surface area contributed by atoms with Crippen molar-refractivity contribution in [2.45, 2.75) is 20.3 Å². The Hall–Kier alpha value is -1.10. The van der Waals surface area contributed by atoms with Crippen LogP contribution < -0.4 is 16.0 Å². The number of rotatable bonds is 6. The molecule has 0 saturated heterocycles. The lowest BCUT2D eigenvalue weighted by Crippen LogP contribution is -2.36. The zero-order valence-corrected chi connectivity index (χ0v) is 11.2. The van der Waals surface area contributed by atoms with Crippen LogP contribution in [0.4, 0.5) is 0 Å². The van der Waals surface area contributed by atoms with Crippen LogP contribution in [0.25, 0.3) is 0 Å². The first kappa shape index (κ1) is 14.0. The van der Waals surface area contributed by atoms with Crippen molar-refractivity contribution in [2.75, 3.05) is 27.4 Å². The highest BCUT2D eigenvalue weighted by Crippen LogP contribution is 2.23. The molecular weight excluding hydrogens is 214 g/mol. The van der Waals surface area contributed by atoms with E-state index in [0.29, 0.717) is 6.67 Å². The third-order valence-electron chi connectivity index (χ3n) is 3.02. The number of likely N-dealkylation sites (N-methyl/N-ethyl adjacent to an activating group) is 1. The average molecular weight is 237 g/mol. The number of nitrogens with zero attached hydrogens (tertiary/aromatic N) is 1. The first-order valence-corrected chi connectivity index (χ1v) is 5.84. The Bertz CT molecular complexity index is 366. The quantitative estimate of drug-likeness (QED) is 0.443. The van der Waals surface area contributed by atoms with Crippen molar-refractivity contribution in [3.05, 3.63) is 28.8 Å². The predicted octanol–water partition coefficient (Wildman–Crippen LogP) is 1.21. The van der Waals surface area contributed by atoms with Crippen molar-refractivity contribution < 1.29 is 4.74 Å². The summed E-state index contributed by atoms with van der Waals surface area (Å²) in [7, 11) is 3.76. The van der Waals surface area contributed by atoms with Gasteiger partial charge in [-0.05, 0) is 50.1 Å². The Labute approximate surface area is 104 Å². The fourth-order valence-corrected chi connectivity index (χ4v) is 1.78. The first-order valence-electron chi connectivity index (χ1n) is 5.84. The van der Waals surface area contributed by atoms with Crippen molar-refractivity contribution in [3.63, 3.8) is 0 Å². The maximum Gasteiger partial charge on any atom is 0.122 e. The maximum absolute atomic E-state index is 5.41. The monoisotopic (exact) mass is 237 g/mol. The minimum atomic E-state index is 0.688. The van der Waals surface area contributed by atoms with Crippen molar-refractivity contribution >= 4 is 0 Å². The van der Waals surface area contributed by atoms with E-state index < -0.39 is 0 Å². The van der Waals surface area contributed by atoms with Crippen LogP contribution in [0.1, 0.15) is 16.7 Å². The van der Waals surface area contributed by atoms with Crippen LogP contribution in [0.15, 0.2) is 12.1 Å². The van der Waals surface area contributed by atoms with Crippen LogP contribution in [0, 0.1) is 13.8 Å². The molecule has 0 radical (unpaired) electrons. The van der Waals surface area contributed by atoms with E-state index in [1.54, 1.807) is 7.11 Å². The van der Waals surface area contributed by atoms with Crippen LogP contribution in [-0.4, -0.2) is 32.3 Å². The lowest BCUT2D eigenvalue weighted by atomic mass is 10.0. The molecule has 4 heteroatoms. The molecule has 0 spiro atoms. The largest absolute Gasteiger partial charge is 0.496 e. The Balaban J connectivity index is 2.72. The van der Waals surface area contributed by atoms with E-state index >= 15 is 0 Å². The molecule has 3 N–H and O–H groups in total. The van der Waals surface area contributed by atoms with Crippen molar-refractivity contribution in [3.8, 4) is 5.75 Å². The van der Waals surface area contributed by atoms with E-state index in [0.717, 1.165) is 18.7 Å². The Kier molecular flexibility index (Phi) is 5.41. The Morgan fingerprint density at radius 1 is 1.29 bits per heavy atom. The van der Waals surface area contributed by atoms with Crippen molar-refractivity contribution in [1.29, 1.82) is 0 Å². The van der Waals surface area contributed by atoms with Gasteiger partial charge in [0.25, 0.3) is 0 Å². The second kappa shape index (κ2) is 6.59. The summed E-state index contributed by atoms with van der Waals surface area (Å²) >= 11 is 0. The van der Waals surface area contributed by atoms with Crippen LogP contribution in [-0.2, 0) is 6.42 Å². The van der Waals surface area contributed by atoms with E-state index in [4.69, 9.17) is 10.6 Å². The molecular formula is C13H23N3O. The van der Waals surface area contributed by atoms with E-state index in [1.807, 2.05) is 7.05 Å². The molecule has 0 aliphatic rings. The van der Waals surface area contributed by atoms with Gasteiger partial charge in [0.05, 0.1) is 13.8 Å². The molecule has 1 aromatic rings. The second-order valence-electron chi connectivity index (χ2n) is 4.44. The topological polar surface area (TPSA) is 50.5 Å². The second-order valence-corrected chi connectivity index (χ2v) is 4.44. The summed E-state index contributed by atoms with van der Waals surface area (Å²) in [5.74, 6) is 6.26. The van der Waals surface area contributed by atoms with Gasteiger partial charge in [-0.3, -0.25) is 10.7 Å². The number of nitrogens with one attached hydrogen (secondary N) is 1. The van der Waals surface area contributed by atoms with Gasteiger partial charge in [0.1, 0.15) is 5.75 Å². The number of aryl methyl sites for hydroxylation is 2. The number of hydrogen-bond acceptors (Lipinski definition) is 4. The molecule has 0 unspecified atom stereocenters. The molecule has 0 saturated carbocycles. The molecule has 0 aromatic heterocycles. The van der Waals surface area contributed by atoms with Crippen LogP contribution in [0.3, 0.4) is 0 Å². The molecule has 96 valence electrons. The Morgan fingerprint density at radius 3 is 2.53 bits per heavy atom. The molecule has 0 fully saturated rings. The van der Waals surface area contributed by atoms with Crippen LogP contribution >= 0.6 is 0 Å². The lowest BCUT2D eigenvalue weighted by molar-refractivity contribution is 0.310. The summed E-state index contributed by atoms with van der Waals surface area (Å²) in [4.78, 5) is 2.13. The maximum atomic E-state index is 5.41. The molecule has 0 heterocycles. The normalized spacial score (nSPS) is 10.9. The molecule has 0 atom stereocenters. The number of methoxy groups -OCH3 is 1. The molecule has 0 aliphatic heterocycles. The summed E-state index contributed by atoms with van der Waals surface area (Å²) < 4.78 is 5.41. The fourth-order valence-electron chi connectivity index (χ4n) is 1.78. The van der Waals surface area contributed by atoms with E-state index in [2.05, 4.69) is 36.3 Å². The van der Waals surface area contributed by atoms with E-state index in [9.17, 15) is 0 Å². The van der Waals surface area contributed by atoms with Gasteiger partial charge in [-0.15, -0.1) is 0 Å². The molecule has 4 nitrogen and oxygen atoms in total. The Morgan fingerprint density at radius 2 is 1.94 bits per heavy atom. The zero-order chi connectivity index (χ0) is 12.8. The SMILES string of the molecule is COc1cc(C)c(C)cc1CCN(C)CNN. The molecule has 0 amide bonds. The number of benzene rings is 1. The van der Waals surface area contributed by atoms with Gasteiger partial charge < -0.3 is 4.74 Å². The first-order chi connectivity index (χ1) is 8.08. The van der Waals surface area contributed by atoms with Gasteiger partial charge in [0.2, 0.25) is 0 Å². The van der Waals surface area contributed by atoms with Gasteiger partial charge in [0, 0.05) is 6.54 Å². The third-order valence-corrected chi connectivity index (χ3v) is 3.02. The van der Waals surface area contributed by atoms with Gasteiger partial charge in [0.15, 0.2) is 0 Å². The third kappa shape index (κ3) is 4.00. The van der Waals surface area contributed by atoms with Gasteiger partial charge in [-0.2, -0.15) is 0 Å². The summed E-state index contributed by atoms with van der Waals surface area (Å²) in [5, 5.41) is 0. The summed E-state index contributed by atoms with van der Waals surface area (Å²) in [5.41, 5.74) is 6.47. The predicted molar refractivity (Wildman–Crippen MR) is 71.0 cm³/mol. The molecule has 17 heavy (non-hydrogen) atoms. The minimum Gasteiger partial charge on any atom is -0.496 e.